The predicted octanol–water partition coefficient (Wildman–Crippen LogP) is 3.19. The van der Waals surface area contributed by atoms with Crippen molar-refractivity contribution in [1.82, 2.24) is 0 Å². The van der Waals surface area contributed by atoms with E-state index in [2.05, 4.69) is 10.1 Å². The van der Waals surface area contributed by atoms with Crippen molar-refractivity contribution >= 4 is 11.7 Å². The third-order valence-corrected chi connectivity index (χ3v) is 2.89. The Hall–Kier alpha value is -2.23. The lowest BCUT2D eigenvalue weighted by Crippen LogP contribution is -2.35. The number of ether oxygens (including phenoxy) is 1. The number of alkyl halides is 3. The first-order chi connectivity index (χ1) is 9.70. The predicted molar refractivity (Wildman–Crippen MR) is 70.4 cm³/mol. The number of esters is 1. The molecular weight excluding hydrogens is 285 g/mol. The average Bonchev–Trinajstić information content (AvgIpc) is 2.42. The molecule has 21 heavy (non-hydrogen) atoms. The lowest BCUT2D eigenvalue weighted by Gasteiger charge is -2.21. The van der Waals surface area contributed by atoms with Crippen molar-refractivity contribution in [3.8, 4) is 6.07 Å². The van der Waals surface area contributed by atoms with Crippen molar-refractivity contribution in [1.29, 1.82) is 5.26 Å². The van der Waals surface area contributed by atoms with Crippen molar-refractivity contribution in [2.24, 2.45) is 5.92 Å². The Bertz CT molecular complexity index is 562. The molecule has 1 rings (SSSR count). The molecule has 1 aromatic carbocycles. The van der Waals surface area contributed by atoms with Gasteiger partial charge in [0, 0.05) is 5.69 Å². The first-order valence-corrected chi connectivity index (χ1v) is 6.16. The average molecular weight is 300 g/mol. The van der Waals surface area contributed by atoms with Crippen LogP contribution >= 0.6 is 0 Å². The molecular formula is C14H15F3N2O2. The molecule has 0 aliphatic heterocycles. The molecule has 4 nitrogen and oxygen atoms in total. The Morgan fingerprint density at radius 2 is 2.00 bits per heavy atom. The topological polar surface area (TPSA) is 62.1 Å². The number of anilines is 1. The van der Waals surface area contributed by atoms with Crippen LogP contribution in [0.25, 0.3) is 0 Å². The number of nitriles is 1. The van der Waals surface area contributed by atoms with Gasteiger partial charge in [0.2, 0.25) is 0 Å². The van der Waals surface area contributed by atoms with E-state index >= 15 is 0 Å². The quantitative estimate of drug-likeness (QED) is 0.867. The molecule has 0 fully saturated rings. The van der Waals surface area contributed by atoms with E-state index in [4.69, 9.17) is 5.26 Å². The highest BCUT2D eigenvalue weighted by molar-refractivity contribution is 5.79. The van der Waals surface area contributed by atoms with E-state index in [-0.39, 0.29) is 11.6 Å². The van der Waals surface area contributed by atoms with Gasteiger partial charge >= 0.3 is 12.1 Å². The van der Waals surface area contributed by atoms with E-state index < -0.39 is 29.3 Å². The number of carbonyl (C=O) groups is 1. The zero-order valence-corrected chi connectivity index (χ0v) is 11.8. The van der Waals surface area contributed by atoms with Crippen LogP contribution in [0.4, 0.5) is 18.9 Å². The first-order valence-electron chi connectivity index (χ1n) is 6.16. The number of rotatable bonds is 4. The Balaban J connectivity index is 3.11. The van der Waals surface area contributed by atoms with Gasteiger partial charge in [-0.05, 0) is 24.1 Å². The van der Waals surface area contributed by atoms with E-state index in [1.165, 1.54) is 19.2 Å². The second-order valence-electron chi connectivity index (χ2n) is 4.76. The Morgan fingerprint density at radius 3 is 2.43 bits per heavy atom. The van der Waals surface area contributed by atoms with Crippen LogP contribution in [0, 0.1) is 17.2 Å². The lowest BCUT2D eigenvalue weighted by molar-refractivity contribution is -0.142. The summed E-state index contributed by atoms with van der Waals surface area (Å²) in [7, 11) is 1.23. The lowest BCUT2D eigenvalue weighted by atomic mass is 10.0. The molecule has 1 aromatic rings. The Kier molecular flexibility index (Phi) is 5.19. The number of carbonyl (C=O) groups excluding carboxylic acids is 1. The summed E-state index contributed by atoms with van der Waals surface area (Å²) < 4.78 is 42.7. The van der Waals surface area contributed by atoms with Crippen molar-refractivity contribution in [2.45, 2.75) is 26.1 Å². The van der Waals surface area contributed by atoms with E-state index in [1.807, 2.05) is 0 Å². The van der Waals surface area contributed by atoms with E-state index in [9.17, 15) is 18.0 Å². The maximum atomic E-state index is 12.7. The third kappa shape index (κ3) is 4.12. The summed E-state index contributed by atoms with van der Waals surface area (Å²) in [6.45, 7) is 3.54. The Labute approximate surface area is 120 Å². The van der Waals surface area contributed by atoms with Gasteiger partial charge in [0.1, 0.15) is 6.04 Å². The Morgan fingerprint density at radius 1 is 1.38 bits per heavy atom. The van der Waals surface area contributed by atoms with E-state index in [0.29, 0.717) is 0 Å². The van der Waals surface area contributed by atoms with Gasteiger partial charge < -0.3 is 10.1 Å². The number of nitrogens with zero attached hydrogens (tertiary/aromatic N) is 1. The first kappa shape index (κ1) is 16.8. The highest BCUT2D eigenvalue weighted by Gasteiger charge is 2.33. The van der Waals surface area contributed by atoms with Gasteiger partial charge in [0.05, 0.1) is 24.3 Å². The number of hydrogen-bond acceptors (Lipinski definition) is 4. The van der Waals surface area contributed by atoms with Gasteiger partial charge in [-0.15, -0.1) is 0 Å². The van der Waals surface area contributed by atoms with Gasteiger partial charge in [0.15, 0.2) is 0 Å². The zero-order valence-electron chi connectivity index (χ0n) is 11.8. The molecule has 1 N–H and O–H groups in total. The maximum Gasteiger partial charge on any atom is 0.417 e. The molecule has 0 amide bonds. The molecule has 0 spiro atoms. The van der Waals surface area contributed by atoms with Crippen molar-refractivity contribution < 1.29 is 22.7 Å². The molecule has 0 saturated carbocycles. The van der Waals surface area contributed by atoms with Gasteiger partial charge in [-0.1, -0.05) is 13.8 Å². The largest absolute Gasteiger partial charge is 0.467 e. The fourth-order valence-corrected chi connectivity index (χ4v) is 1.78. The molecule has 1 atom stereocenters. The number of hydrogen-bond donors (Lipinski definition) is 1. The molecule has 114 valence electrons. The number of halogens is 3. The molecule has 7 heteroatoms. The minimum atomic E-state index is -4.59. The smallest absolute Gasteiger partial charge is 0.417 e. The van der Waals surface area contributed by atoms with Crippen LogP contribution in [-0.2, 0) is 15.7 Å². The highest BCUT2D eigenvalue weighted by Crippen LogP contribution is 2.33. The standard InChI is InChI=1S/C14H15F3N2O2/c1-8(2)12(13(20)21-3)19-10-4-5-11(14(15,16)17)9(6-10)7-18/h4-6,8,12,19H,1-3H3. The minimum absolute atomic E-state index is 0.134. The maximum absolute atomic E-state index is 12.7. The van der Waals surface area contributed by atoms with Crippen LogP contribution < -0.4 is 5.32 Å². The third-order valence-electron chi connectivity index (χ3n) is 2.89. The number of benzene rings is 1. The molecule has 1 unspecified atom stereocenters. The molecule has 0 saturated heterocycles. The summed E-state index contributed by atoms with van der Waals surface area (Å²) in [6.07, 6.45) is -4.59. The minimum Gasteiger partial charge on any atom is -0.467 e. The molecule has 0 heterocycles. The normalized spacial score (nSPS) is 12.7. The zero-order chi connectivity index (χ0) is 16.2. The molecule has 0 bridgehead atoms. The summed E-state index contributed by atoms with van der Waals surface area (Å²) in [5, 5.41) is 11.6. The van der Waals surface area contributed by atoms with Crippen LogP contribution in [0.3, 0.4) is 0 Å². The molecule has 0 aromatic heterocycles. The monoisotopic (exact) mass is 300 g/mol. The van der Waals surface area contributed by atoms with Crippen molar-refractivity contribution in [3.63, 3.8) is 0 Å². The van der Waals surface area contributed by atoms with E-state index in [1.54, 1.807) is 13.8 Å². The van der Waals surface area contributed by atoms with Crippen molar-refractivity contribution in [2.75, 3.05) is 12.4 Å². The summed E-state index contributed by atoms with van der Waals surface area (Å²) >= 11 is 0. The summed E-state index contributed by atoms with van der Waals surface area (Å²) in [4.78, 5) is 11.6. The van der Waals surface area contributed by atoms with Gasteiger partial charge in [-0.2, -0.15) is 18.4 Å². The van der Waals surface area contributed by atoms with Crippen LogP contribution in [0.2, 0.25) is 0 Å². The SMILES string of the molecule is COC(=O)C(Nc1ccc(C(F)(F)F)c(C#N)c1)C(C)C. The summed E-state index contributed by atoms with van der Waals surface area (Å²) in [5.74, 6) is -0.659. The summed E-state index contributed by atoms with van der Waals surface area (Å²) in [5.41, 5.74) is -1.25. The molecule has 0 aliphatic rings. The highest BCUT2D eigenvalue weighted by atomic mass is 19.4. The van der Waals surface area contributed by atoms with E-state index in [0.717, 1.165) is 12.1 Å². The molecule has 0 radical (unpaired) electrons. The number of methoxy groups -OCH3 is 1. The van der Waals surface area contributed by atoms with Crippen LogP contribution in [0.15, 0.2) is 18.2 Å². The van der Waals surface area contributed by atoms with Gasteiger partial charge in [-0.3, -0.25) is 0 Å². The summed E-state index contributed by atoms with van der Waals surface area (Å²) in [6, 6.07) is 3.87. The number of nitrogens with one attached hydrogen (secondary N) is 1. The second kappa shape index (κ2) is 6.48. The molecule has 0 aliphatic carbocycles. The van der Waals surface area contributed by atoms with Gasteiger partial charge in [-0.25, -0.2) is 4.79 Å². The fraction of sp³-hybridized carbons (Fsp3) is 0.429. The van der Waals surface area contributed by atoms with Crippen LogP contribution in [0.5, 0.6) is 0 Å². The van der Waals surface area contributed by atoms with Crippen LogP contribution in [-0.4, -0.2) is 19.1 Å². The van der Waals surface area contributed by atoms with Gasteiger partial charge in [0.25, 0.3) is 0 Å². The van der Waals surface area contributed by atoms with Crippen molar-refractivity contribution in [3.05, 3.63) is 29.3 Å². The fourth-order valence-electron chi connectivity index (χ4n) is 1.78. The second-order valence-corrected chi connectivity index (χ2v) is 4.76. The van der Waals surface area contributed by atoms with Crippen LogP contribution in [0.1, 0.15) is 25.0 Å².